The molecule has 3 N–H and O–H groups in total. The number of likely N-dealkylation sites (tertiary alicyclic amines) is 1. The maximum atomic E-state index is 10.7. The third-order valence-electron chi connectivity index (χ3n) is 2.25. The van der Waals surface area contributed by atoms with Gasteiger partial charge in [0.05, 0.1) is 0 Å². The van der Waals surface area contributed by atoms with Gasteiger partial charge in [0.1, 0.15) is 0 Å². The quantitative estimate of drug-likeness (QED) is 0.589. The summed E-state index contributed by atoms with van der Waals surface area (Å²) in [6.07, 6.45) is 2.05. The molecule has 0 aromatic heterocycles. The molecule has 0 aromatic rings. The Morgan fingerprint density at radius 2 is 2.17 bits per heavy atom. The molecule has 1 fully saturated rings. The second-order valence-corrected chi connectivity index (χ2v) is 3.28. The van der Waals surface area contributed by atoms with E-state index in [0.29, 0.717) is 12.7 Å². The smallest absolute Gasteiger partial charge is 0.217 e. The SMILES string of the molecule is CC(=O)NC1CCN(CN)CC1. The van der Waals surface area contributed by atoms with Gasteiger partial charge in [0.15, 0.2) is 0 Å². The first-order valence-corrected chi connectivity index (χ1v) is 4.42. The Kier molecular flexibility index (Phi) is 3.49. The van der Waals surface area contributed by atoms with Gasteiger partial charge in [0, 0.05) is 32.7 Å². The fraction of sp³-hybridized carbons (Fsp3) is 0.875. The minimum Gasteiger partial charge on any atom is -0.354 e. The molecule has 1 rings (SSSR count). The molecule has 1 aliphatic rings. The summed E-state index contributed by atoms with van der Waals surface area (Å²) >= 11 is 0. The van der Waals surface area contributed by atoms with Crippen molar-refractivity contribution in [3.05, 3.63) is 0 Å². The predicted molar refractivity (Wildman–Crippen MR) is 47.5 cm³/mol. The Balaban J connectivity index is 2.21. The van der Waals surface area contributed by atoms with Crippen molar-refractivity contribution >= 4 is 5.91 Å². The molecule has 70 valence electrons. The van der Waals surface area contributed by atoms with Crippen molar-refractivity contribution in [1.82, 2.24) is 10.2 Å². The Hall–Kier alpha value is -0.610. The molecular formula is C8H17N3O. The van der Waals surface area contributed by atoms with Gasteiger partial charge in [-0.1, -0.05) is 0 Å². The van der Waals surface area contributed by atoms with Crippen molar-refractivity contribution in [2.75, 3.05) is 19.8 Å². The van der Waals surface area contributed by atoms with Gasteiger partial charge in [0.25, 0.3) is 0 Å². The predicted octanol–water partition coefficient (Wildman–Crippen LogP) is -0.497. The van der Waals surface area contributed by atoms with Crippen molar-refractivity contribution in [3.63, 3.8) is 0 Å². The molecule has 0 atom stereocenters. The highest BCUT2D eigenvalue weighted by Crippen LogP contribution is 2.08. The largest absolute Gasteiger partial charge is 0.354 e. The van der Waals surface area contributed by atoms with E-state index in [1.165, 1.54) is 0 Å². The van der Waals surface area contributed by atoms with Crippen molar-refractivity contribution in [1.29, 1.82) is 0 Å². The van der Waals surface area contributed by atoms with Crippen LogP contribution >= 0.6 is 0 Å². The van der Waals surface area contributed by atoms with E-state index in [-0.39, 0.29) is 5.91 Å². The summed E-state index contributed by atoms with van der Waals surface area (Å²) < 4.78 is 0. The standard InChI is InChI=1S/C8H17N3O/c1-7(12)10-8-2-4-11(6-9)5-3-8/h8H,2-6,9H2,1H3,(H,10,12). The Morgan fingerprint density at radius 1 is 1.58 bits per heavy atom. The lowest BCUT2D eigenvalue weighted by atomic mass is 10.1. The number of piperidine rings is 1. The number of nitrogens with one attached hydrogen (secondary N) is 1. The third kappa shape index (κ3) is 2.79. The van der Waals surface area contributed by atoms with Crippen LogP contribution in [0.3, 0.4) is 0 Å². The molecule has 1 amide bonds. The van der Waals surface area contributed by atoms with Crippen LogP contribution in [0, 0.1) is 0 Å². The van der Waals surface area contributed by atoms with Crippen LogP contribution in [0.2, 0.25) is 0 Å². The van der Waals surface area contributed by atoms with Crippen LogP contribution in [-0.4, -0.2) is 36.6 Å². The lowest BCUT2D eigenvalue weighted by Crippen LogP contribution is -2.45. The lowest BCUT2D eigenvalue weighted by molar-refractivity contribution is -0.119. The summed E-state index contributed by atoms with van der Waals surface area (Å²) in [5.41, 5.74) is 5.49. The lowest BCUT2D eigenvalue weighted by Gasteiger charge is -2.30. The van der Waals surface area contributed by atoms with Gasteiger partial charge >= 0.3 is 0 Å². The van der Waals surface area contributed by atoms with E-state index < -0.39 is 0 Å². The molecule has 1 saturated heterocycles. The van der Waals surface area contributed by atoms with Crippen molar-refractivity contribution in [2.45, 2.75) is 25.8 Å². The number of hydrogen-bond donors (Lipinski definition) is 2. The number of carbonyl (C=O) groups is 1. The van der Waals surface area contributed by atoms with E-state index in [1.54, 1.807) is 6.92 Å². The molecular weight excluding hydrogens is 154 g/mol. The van der Waals surface area contributed by atoms with Crippen LogP contribution in [0.4, 0.5) is 0 Å². The van der Waals surface area contributed by atoms with Gasteiger partial charge in [0.2, 0.25) is 5.91 Å². The van der Waals surface area contributed by atoms with E-state index >= 15 is 0 Å². The summed E-state index contributed by atoms with van der Waals surface area (Å²) in [7, 11) is 0. The van der Waals surface area contributed by atoms with Crippen molar-refractivity contribution in [2.24, 2.45) is 5.73 Å². The van der Waals surface area contributed by atoms with Gasteiger partial charge in [-0.25, -0.2) is 0 Å². The van der Waals surface area contributed by atoms with Crippen LogP contribution in [0.5, 0.6) is 0 Å². The molecule has 0 aromatic carbocycles. The number of hydrogen-bond acceptors (Lipinski definition) is 3. The molecule has 0 aliphatic carbocycles. The van der Waals surface area contributed by atoms with E-state index in [1.807, 2.05) is 0 Å². The highest BCUT2D eigenvalue weighted by Gasteiger charge is 2.17. The topological polar surface area (TPSA) is 58.4 Å². The van der Waals surface area contributed by atoms with Crippen LogP contribution in [0.15, 0.2) is 0 Å². The Morgan fingerprint density at radius 3 is 2.58 bits per heavy atom. The molecule has 4 heteroatoms. The molecule has 0 spiro atoms. The summed E-state index contributed by atoms with van der Waals surface area (Å²) in [5, 5.41) is 2.92. The number of carbonyl (C=O) groups excluding carboxylic acids is 1. The zero-order valence-electron chi connectivity index (χ0n) is 7.55. The molecule has 1 aliphatic heterocycles. The van der Waals surface area contributed by atoms with Crippen LogP contribution in [0.25, 0.3) is 0 Å². The van der Waals surface area contributed by atoms with E-state index in [4.69, 9.17) is 5.73 Å². The fourth-order valence-corrected chi connectivity index (χ4v) is 1.55. The monoisotopic (exact) mass is 171 g/mol. The van der Waals surface area contributed by atoms with E-state index in [0.717, 1.165) is 25.9 Å². The minimum atomic E-state index is 0.0706. The summed E-state index contributed by atoms with van der Waals surface area (Å²) in [5.74, 6) is 0.0706. The number of rotatable bonds is 2. The molecule has 0 unspecified atom stereocenters. The maximum absolute atomic E-state index is 10.7. The second-order valence-electron chi connectivity index (χ2n) is 3.28. The molecule has 1 heterocycles. The van der Waals surface area contributed by atoms with E-state index in [9.17, 15) is 4.79 Å². The molecule has 0 radical (unpaired) electrons. The second kappa shape index (κ2) is 4.42. The van der Waals surface area contributed by atoms with Gasteiger partial charge in [-0.15, -0.1) is 0 Å². The number of nitrogens with two attached hydrogens (primary N) is 1. The number of amides is 1. The van der Waals surface area contributed by atoms with Crippen molar-refractivity contribution < 1.29 is 4.79 Å². The zero-order chi connectivity index (χ0) is 8.97. The van der Waals surface area contributed by atoms with Gasteiger partial charge < -0.3 is 11.1 Å². The first-order valence-electron chi connectivity index (χ1n) is 4.42. The molecule has 0 bridgehead atoms. The normalized spacial score (nSPS) is 20.8. The first kappa shape index (κ1) is 9.48. The minimum absolute atomic E-state index is 0.0706. The summed E-state index contributed by atoms with van der Waals surface area (Å²) in [6.45, 7) is 4.20. The molecule has 0 saturated carbocycles. The first-order chi connectivity index (χ1) is 5.72. The molecule has 12 heavy (non-hydrogen) atoms. The summed E-state index contributed by atoms with van der Waals surface area (Å²) in [6, 6.07) is 0.366. The molecule has 4 nitrogen and oxygen atoms in total. The van der Waals surface area contributed by atoms with Crippen molar-refractivity contribution in [3.8, 4) is 0 Å². The highest BCUT2D eigenvalue weighted by atomic mass is 16.1. The van der Waals surface area contributed by atoms with E-state index in [2.05, 4.69) is 10.2 Å². The highest BCUT2D eigenvalue weighted by molar-refractivity contribution is 5.73. The van der Waals surface area contributed by atoms with Gasteiger partial charge in [-0.3, -0.25) is 9.69 Å². The third-order valence-corrected chi connectivity index (χ3v) is 2.25. The zero-order valence-corrected chi connectivity index (χ0v) is 7.55. The Labute approximate surface area is 73.1 Å². The average Bonchev–Trinajstić information content (AvgIpc) is 2.05. The van der Waals surface area contributed by atoms with Crippen LogP contribution in [-0.2, 0) is 4.79 Å². The van der Waals surface area contributed by atoms with Crippen LogP contribution in [0.1, 0.15) is 19.8 Å². The fourth-order valence-electron chi connectivity index (χ4n) is 1.55. The average molecular weight is 171 g/mol. The van der Waals surface area contributed by atoms with Gasteiger partial charge in [-0.05, 0) is 12.8 Å². The van der Waals surface area contributed by atoms with Gasteiger partial charge in [-0.2, -0.15) is 0 Å². The summed E-state index contributed by atoms with van der Waals surface area (Å²) in [4.78, 5) is 12.9. The number of nitrogens with zero attached hydrogens (tertiary/aromatic N) is 1. The van der Waals surface area contributed by atoms with Crippen LogP contribution < -0.4 is 11.1 Å². The maximum Gasteiger partial charge on any atom is 0.217 e. The Bertz CT molecular complexity index is 152.